The molecular formula is C44H32N6. The summed E-state index contributed by atoms with van der Waals surface area (Å²) in [4.78, 5) is 4.51. The third-order valence-corrected chi connectivity index (χ3v) is 9.38. The highest BCUT2D eigenvalue weighted by atomic mass is 15.2. The van der Waals surface area contributed by atoms with E-state index < -0.39 is 0 Å². The lowest BCUT2D eigenvalue weighted by Gasteiger charge is -2.26. The number of hydrogen-bond acceptors (Lipinski definition) is 6. The molecule has 6 nitrogen and oxygen atoms in total. The first-order valence-electron chi connectivity index (χ1n) is 16.7. The van der Waals surface area contributed by atoms with Gasteiger partial charge in [-0.15, -0.1) is 20.4 Å². The summed E-state index contributed by atoms with van der Waals surface area (Å²) < 4.78 is 0. The highest BCUT2D eigenvalue weighted by Crippen LogP contribution is 2.41. The van der Waals surface area contributed by atoms with Crippen molar-refractivity contribution >= 4 is 77.7 Å². The first-order chi connectivity index (χ1) is 24.6. The predicted molar refractivity (Wildman–Crippen MR) is 206 cm³/mol. The van der Waals surface area contributed by atoms with Crippen LogP contribution in [0.3, 0.4) is 0 Å². The van der Waals surface area contributed by atoms with Gasteiger partial charge in [0.05, 0.1) is 11.0 Å². The summed E-state index contributed by atoms with van der Waals surface area (Å²) in [7, 11) is 0. The average Bonchev–Trinajstić information content (AvgIpc) is 3.16. The molecule has 9 rings (SSSR count). The van der Waals surface area contributed by atoms with Crippen LogP contribution >= 0.6 is 0 Å². The molecule has 2 heterocycles. The van der Waals surface area contributed by atoms with E-state index in [4.69, 9.17) is 20.4 Å². The summed E-state index contributed by atoms with van der Waals surface area (Å²) in [5, 5.41) is 23.4. The van der Waals surface area contributed by atoms with Gasteiger partial charge in [0, 0.05) is 55.7 Å². The summed E-state index contributed by atoms with van der Waals surface area (Å²) in [5.41, 5.74) is 11.8. The van der Waals surface area contributed by atoms with Gasteiger partial charge >= 0.3 is 0 Å². The zero-order chi connectivity index (χ0) is 33.6. The first-order valence-corrected chi connectivity index (χ1v) is 16.7. The number of para-hydroxylation sites is 4. The number of aryl methyl sites for hydroxylation is 2. The maximum atomic E-state index is 4.81. The van der Waals surface area contributed by atoms with E-state index in [1.807, 2.05) is 24.3 Å². The molecule has 0 aliphatic carbocycles. The van der Waals surface area contributed by atoms with Crippen molar-refractivity contribution in [2.75, 3.05) is 9.80 Å². The Morgan fingerprint density at radius 2 is 0.660 bits per heavy atom. The van der Waals surface area contributed by atoms with Gasteiger partial charge in [-0.2, -0.15) is 0 Å². The Kier molecular flexibility index (Phi) is 7.13. The Labute approximate surface area is 289 Å². The third kappa shape index (κ3) is 4.97. The summed E-state index contributed by atoms with van der Waals surface area (Å²) in [6.07, 6.45) is 0. The molecule has 0 aliphatic heterocycles. The van der Waals surface area contributed by atoms with E-state index in [1.54, 1.807) is 0 Å². The largest absolute Gasteiger partial charge is 0.310 e. The molecule has 0 saturated carbocycles. The van der Waals surface area contributed by atoms with Crippen LogP contribution in [0.1, 0.15) is 11.1 Å². The van der Waals surface area contributed by atoms with Gasteiger partial charge in [0.1, 0.15) is 11.0 Å². The van der Waals surface area contributed by atoms with Crippen molar-refractivity contribution in [3.63, 3.8) is 0 Å². The fourth-order valence-electron chi connectivity index (χ4n) is 7.21. The summed E-state index contributed by atoms with van der Waals surface area (Å²) in [6.45, 7) is 4.29. The maximum absolute atomic E-state index is 4.81. The minimum absolute atomic E-state index is 0.752. The molecule has 0 radical (unpaired) electrons. The summed E-state index contributed by atoms with van der Waals surface area (Å²) in [5.74, 6) is 0. The van der Waals surface area contributed by atoms with Crippen molar-refractivity contribution in [1.29, 1.82) is 0 Å². The fourth-order valence-corrected chi connectivity index (χ4v) is 7.21. The second-order valence-corrected chi connectivity index (χ2v) is 12.6. The molecule has 0 atom stereocenters. The van der Waals surface area contributed by atoms with Crippen LogP contribution in [0.25, 0.3) is 43.6 Å². The van der Waals surface area contributed by atoms with Crippen LogP contribution in [0.5, 0.6) is 0 Å². The summed E-state index contributed by atoms with van der Waals surface area (Å²) in [6, 6.07) is 54.7. The quantitative estimate of drug-likeness (QED) is 0.168. The molecule has 6 heteroatoms. The van der Waals surface area contributed by atoms with Crippen LogP contribution in [-0.2, 0) is 0 Å². The van der Waals surface area contributed by atoms with Crippen LogP contribution in [0.2, 0.25) is 0 Å². The van der Waals surface area contributed by atoms with E-state index in [1.165, 1.54) is 0 Å². The zero-order valence-electron chi connectivity index (χ0n) is 27.7. The van der Waals surface area contributed by atoms with E-state index in [9.17, 15) is 0 Å². The Morgan fingerprint density at radius 1 is 0.340 bits per heavy atom. The van der Waals surface area contributed by atoms with Gasteiger partial charge in [0.25, 0.3) is 0 Å². The van der Waals surface area contributed by atoms with E-state index >= 15 is 0 Å². The molecule has 0 N–H and O–H groups in total. The van der Waals surface area contributed by atoms with Crippen molar-refractivity contribution in [3.8, 4) is 0 Å². The highest BCUT2D eigenvalue weighted by Gasteiger charge is 2.20. The Hall–Kier alpha value is -6.66. The molecule has 238 valence electrons. The van der Waals surface area contributed by atoms with Gasteiger partial charge in [-0.1, -0.05) is 84.9 Å². The van der Waals surface area contributed by atoms with Crippen molar-refractivity contribution < 1.29 is 0 Å². The molecule has 2 aromatic heterocycles. The number of aromatic nitrogens is 4. The topological polar surface area (TPSA) is 58.0 Å². The van der Waals surface area contributed by atoms with Crippen LogP contribution < -0.4 is 9.80 Å². The number of fused-ring (bicyclic) bond motifs is 7. The van der Waals surface area contributed by atoms with Crippen molar-refractivity contribution in [2.24, 2.45) is 0 Å². The van der Waals surface area contributed by atoms with E-state index in [2.05, 4.69) is 157 Å². The number of rotatable bonds is 6. The number of benzene rings is 7. The van der Waals surface area contributed by atoms with Gasteiger partial charge in [-0.25, -0.2) is 0 Å². The van der Waals surface area contributed by atoms with Gasteiger partial charge in [-0.05, 0) is 97.8 Å². The van der Waals surface area contributed by atoms with Crippen LogP contribution in [0, 0.1) is 13.8 Å². The molecule has 50 heavy (non-hydrogen) atoms. The average molecular weight is 645 g/mol. The van der Waals surface area contributed by atoms with Crippen molar-refractivity contribution in [1.82, 2.24) is 20.4 Å². The van der Waals surface area contributed by atoms with E-state index in [0.29, 0.717) is 0 Å². The first kappa shape index (κ1) is 29.5. The second kappa shape index (κ2) is 12.1. The normalized spacial score (nSPS) is 11.4. The van der Waals surface area contributed by atoms with Crippen LogP contribution in [0.4, 0.5) is 34.1 Å². The predicted octanol–water partition coefficient (Wildman–Crippen LogP) is 11.4. The lowest BCUT2D eigenvalue weighted by Crippen LogP contribution is -2.10. The number of nitrogens with zero attached hydrogens (tertiary/aromatic N) is 6. The van der Waals surface area contributed by atoms with Gasteiger partial charge in [0.15, 0.2) is 0 Å². The molecule has 0 saturated heterocycles. The van der Waals surface area contributed by atoms with Crippen molar-refractivity contribution in [2.45, 2.75) is 13.8 Å². The second-order valence-electron chi connectivity index (χ2n) is 12.6. The zero-order valence-corrected chi connectivity index (χ0v) is 27.7. The van der Waals surface area contributed by atoms with Crippen molar-refractivity contribution in [3.05, 3.63) is 169 Å². The third-order valence-electron chi connectivity index (χ3n) is 9.38. The van der Waals surface area contributed by atoms with Gasteiger partial charge in [0.2, 0.25) is 0 Å². The Balaban J connectivity index is 1.19. The molecule has 0 aliphatic rings. The SMILES string of the molecule is Cc1cc(N(c2ccccc2)c2ccccc2)cc2nnc3c(ccc4c3nnc3cc(N(c5ccccc5)c5ccccc5)cc(C)c34)c12. The Morgan fingerprint density at radius 3 is 0.980 bits per heavy atom. The van der Waals surface area contributed by atoms with Gasteiger partial charge < -0.3 is 9.80 Å². The molecule has 0 spiro atoms. The van der Waals surface area contributed by atoms with Gasteiger partial charge in [-0.3, -0.25) is 0 Å². The molecule has 0 amide bonds. The number of anilines is 6. The molecule has 0 bridgehead atoms. The molecule has 7 aromatic carbocycles. The minimum Gasteiger partial charge on any atom is -0.310 e. The number of hydrogen-bond donors (Lipinski definition) is 0. The van der Waals surface area contributed by atoms with Crippen LogP contribution in [-0.4, -0.2) is 20.4 Å². The van der Waals surface area contributed by atoms with Crippen LogP contribution in [0.15, 0.2) is 158 Å². The summed E-state index contributed by atoms with van der Waals surface area (Å²) >= 11 is 0. The molecule has 9 aromatic rings. The lowest BCUT2D eigenvalue weighted by molar-refractivity contribution is 1.09. The minimum atomic E-state index is 0.752. The monoisotopic (exact) mass is 644 g/mol. The standard InChI is InChI=1S/C44H32N6/c1-29-25-35(49(31-15-7-3-8-16-31)32-17-9-4-10-18-32)27-39-41(29)37-23-24-38-42-30(2)26-36(28-40(42)46-48-44(38)43(37)47-45-39)50(33-19-11-5-12-20-33)34-21-13-6-14-22-34/h3-28H,1-2H3. The molecular weight excluding hydrogens is 613 g/mol. The molecule has 0 unspecified atom stereocenters. The lowest BCUT2D eigenvalue weighted by atomic mass is 9.98. The Bertz CT molecular complexity index is 2400. The highest BCUT2D eigenvalue weighted by molar-refractivity contribution is 6.19. The maximum Gasteiger partial charge on any atom is 0.122 e. The van der Waals surface area contributed by atoms with E-state index in [0.717, 1.165) is 88.9 Å². The fraction of sp³-hybridized carbons (Fsp3) is 0.0455. The van der Waals surface area contributed by atoms with E-state index in [-0.39, 0.29) is 0 Å². The molecule has 0 fully saturated rings. The smallest absolute Gasteiger partial charge is 0.122 e.